The van der Waals surface area contributed by atoms with Gasteiger partial charge in [0.05, 0.1) is 6.54 Å². The van der Waals surface area contributed by atoms with Gasteiger partial charge in [0.25, 0.3) is 5.91 Å². The van der Waals surface area contributed by atoms with Crippen molar-refractivity contribution >= 4 is 5.91 Å². The molecule has 2 aromatic carbocycles. The molecule has 2 aromatic rings. The maximum absolute atomic E-state index is 12.2. The third kappa shape index (κ3) is 5.24. The predicted octanol–water partition coefficient (Wildman–Crippen LogP) is 3.88. The Kier molecular flexibility index (Phi) is 6.45. The minimum atomic E-state index is -0.554. The lowest BCUT2D eigenvalue weighted by Gasteiger charge is -2.17. The third-order valence-electron chi connectivity index (χ3n) is 4.22. The molecule has 1 amide bonds. The van der Waals surface area contributed by atoms with Crippen molar-refractivity contribution in [3.63, 3.8) is 0 Å². The van der Waals surface area contributed by atoms with E-state index in [1.807, 2.05) is 51.1 Å². The Bertz CT molecular complexity index is 740. The summed E-state index contributed by atoms with van der Waals surface area (Å²) in [5.74, 6) is 1.44. The first-order valence-electron chi connectivity index (χ1n) is 8.59. The zero-order valence-corrected chi connectivity index (χ0v) is 15.7. The van der Waals surface area contributed by atoms with Gasteiger partial charge in [0.15, 0.2) is 6.10 Å². The van der Waals surface area contributed by atoms with Crippen molar-refractivity contribution in [3.8, 4) is 11.5 Å². The Morgan fingerprint density at radius 2 is 1.80 bits per heavy atom. The van der Waals surface area contributed by atoms with Gasteiger partial charge in [-0.3, -0.25) is 4.79 Å². The number of carbonyl (C=O) groups is 1. The summed E-state index contributed by atoms with van der Waals surface area (Å²) >= 11 is 0. The molecular weight excluding hydrogens is 314 g/mol. The SMILES string of the molecule is Cc1ccc(OC(C)C(=O)NCCOc2cccc(C)c2C)c(C)c1. The Morgan fingerprint density at radius 3 is 2.52 bits per heavy atom. The van der Waals surface area contributed by atoms with E-state index in [1.54, 1.807) is 6.92 Å². The average Bonchev–Trinajstić information content (AvgIpc) is 2.57. The van der Waals surface area contributed by atoms with E-state index in [1.165, 1.54) is 11.1 Å². The zero-order chi connectivity index (χ0) is 18.4. The molecule has 0 bridgehead atoms. The van der Waals surface area contributed by atoms with Crippen LogP contribution in [0.15, 0.2) is 36.4 Å². The van der Waals surface area contributed by atoms with Crippen LogP contribution in [-0.4, -0.2) is 25.2 Å². The molecule has 0 fully saturated rings. The van der Waals surface area contributed by atoms with Crippen molar-refractivity contribution < 1.29 is 14.3 Å². The normalized spacial score (nSPS) is 11.7. The molecule has 1 atom stereocenters. The van der Waals surface area contributed by atoms with E-state index in [0.717, 1.165) is 22.6 Å². The van der Waals surface area contributed by atoms with Crippen LogP contribution in [-0.2, 0) is 4.79 Å². The number of rotatable bonds is 7. The summed E-state index contributed by atoms with van der Waals surface area (Å²) in [7, 11) is 0. The molecule has 4 heteroatoms. The van der Waals surface area contributed by atoms with Gasteiger partial charge >= 0.3 is 0 Å². The number of benzene rings is 2. The van der Waals surface area contributed by atoms with Crippen molar-refractivity contribution in [2.75, 3.05) is 13.2 Å². The number of amides is 1. The topological polar surface area (TPSA) is 47.6 Å². The molecule has 4 nitrogen and oxygen atoms in total. The van der Waals surface area contributed by atoms with Crippen LogP contribution in [0.5, 0.6) is 11.5 Å². The predicted molar refractivity (Wildman–Crippen MR) is 100 cm³/mol. The average molecular weight is 341 g/mol. The molecule has 0 spiro atoms. The van der Waals surface area contributed by atoms with Gasteiger partial charge in [-0.25, -0.2) is 0 Å². The maximum Gasteiger partial charge on any atom is 0.260 e. The number of hydrogen-bond acceptors (Lipinski definition) is 3. The molecule has 0 aliphatic heterocycles. The molecule has 134 valence electrons. The highest BCUT2D eigenvalue weighted by Crippen LogP contribution is 2.21. The molecule has 0 saturated carbocycles. The quantitative estimate of drug-likeness (QED) is 0.778. The van der Waals surface area contributed by atoms with Crippen LogP contribution in [0.2, 0.25) is 0 Å². The fraction of sp³-hybridized carbons (Fsp3) is 0.381. The van der Waals surface area contributed by atoms with E-state index < -0.39 is 6.10 Å². The van der Waals surface area contributed by atoms with Gasteiger partial charge in [-0.1, -0.05) is 29.8 Å². The van der Waals surface area contributed by atoms with Crippen LogP contribution in [0, 0.1) is 27.7 Å². The molecule has 0 aliphatic rings. The molecular formula is C21H27NO3. The summed E-state index contributed by atoms with van der Waals surface area (Å²) in [6, 6.07) is 11.9. The highest BCUT2D eigenvalue weighted by molar-refractivity contribution is 5.80. The van der Waals surface area contributed by atoms with Crippen molar-refractivity contribution in [1.29, 1.82) is 0 Å². The monoisotopic (exact) mass is 341 g/mol. The lowest BCUT2D eigenvalue weighted by Crippen LogP contribution is -2.38. The largest absolute Gasteiger partial charge is 0.491 e. The van der Waals surface area contributed by atoms with Crippen LogP contribution in [0.4, 0.5) is 0 Å². The van der Waals surface area contributed by atoms with Gasteiger partial charge < -0.3 is 14.8 Å². The minimum Gasteiger partial charge on any atom is -0.491 e. The van der Waals surface area contributed by atoms with Crippen molar-refractivity contribution in [3.05, 3.63) is 58.7 Å². The Morgan fingerprint density at radius 1 is 1.04 bits per heavy atom. The van der Waals surface area contributed by atoms with E-state index in [-0.39, 0.29) is 5.91 Å². The Balaban J connectivity index is 1.78. The molecule has 25 heavy (non-hydrogen) atoms. The van der Waals surface area contributed by atoms with E-state index >= 15 is 0 Å². The van der Waals surface area contributed by atoms with Crippen molar-refractivity contribution in [1.82, 2.24) is 5.32 Å². The van der Waals surface area contributed by atoms with Gasteiger partial charge in [-0.05, 0) is 63.4 Å². The summed E-state index contributed by atoms with van der Waals surface area (Å²) in [6.07, 6.45) is -0.554. The van der Waals surface area contributed by atoms with Gasteiger partial charge in [0, 0.05) is 0 Å². The van der Waals surface area contributed by atoms with Crippen molar-refractivity contribution in [2.45, 2.75) is 40.7 Å². The zero-order valence-electron chi connectivity index (χ0n) is 15.7. The molecule has 0 aromatic heterocycles. The molecule has 0 heterocycles. The molecule has 0 radical (unpaired) electrons. The van der Waals surface area contributed by atoms with E-state index in [4.69, 9.17) is 9.47 Å². The number of aryl methyl sites for hydroxylation is 3. The first-order valence-corrected chi connectivity index (χ1v) is 8.59. The fourth-order valence-electron chi connectivity index (χ4n) is 2.54. The van der Waals surface area contributed by atoms with E-state index in [2.05, 4.69) is 18.3 Å². The first kappa shape index (κ1) is 18.8. The highest BCUT2D eigenvalue weighted by Gasteiger charge is 2.15. The Labute approximate surface area is 150 Å². The molecule has 1 unspecified atom stereocenters. The molecule has 1 N–H and O–H groups in total. The van der Waals surface area contributed by atoms with E-state index in [9.17, 15) is 4.79 Å². The summed E-state index contributed by atoms with van der Waals surface area (Å²) in [4.78, 5) is 12.2. The van der Waals surface area contributed by atoms with Gasteiger partial charge in [-0.2, -0.15) is 0 Å². The van der Waals surface area contributed by atoms with Gasteiger partial charge in [-0.15, -0.1) is 0 Å². The molecule has 2 rings (SSSR count). The van der Waals surface area contributed by atoms with Gasteiger partial charge in [0.2, 0.25) is 0 Å². The van der Waals surface area contributed by atoms with Gasteiger partial charge in [0.1, 0.15) is 18.1 Å². The van der Waals surface area contributed by atoms with Crippen LogP contribution < -0.4 is 14.8 Å². The summed E-state index contributed by atoms with van der Waals surface area (Å²) < 4.78 is 11.5. The fourth-order valence-corrected chi connectivity index (χ4v) is 2.54. The molecule has 0 saturated heterocycles. The maximum atomic E-state index is 12.2. The van der Waals surface area contributed by atoms with E-state index in [0.29, 0.717) is 13.2 Å². The van der Waals surface area contributed by atoms with Crippen LogP contribution in [0.25, 0.3) is 0 Å². The third-order valence-corrected chi connectivity index (χ3v) is 4.22. The summed E-state index contributed by atoms with van der Waals surface area (Å²) in [5, 5.41) is 2.85. The standard InChI is InChI=1S/C21H27NO3/c1-14-9-10-19(16(3)13-14)25-18(5)21(23)22-11-12-24-20-8-6-7-15(2)17(20)4/h6-10,13,18H,11-12H2,1-5H3,(H,22,23). The van der Waals surface area contributed by atoms with Crippen molar-refractivity contribution in [2.24, 2.45) is 0 Å². The smallest absolute Gasteiger partial charge is 0.260 e. The molecule has 0 aliphatic carbocycles. The highest BCUT2D eigenvalue weighted by atomic mass is 16.5. The number of hydrogen-bond donors (Lipinski definition) is 1. The summed E-state index contributed by atoms with van der Waals surface area (Å²) in [5.41, 5.74) is 4.51. The van der Waals surface area contributed by atoms with Crippen LogP contribution in [0.1, 0.15) is 29.2 Å². The number of carbonyl (C=O) groups excluding carboxylic acids is 1. The number of nitrogens with one attached hydrogen (secondary N) is 1. The van der Waals surface area contributed by atoms with Crippen LogP contribution in [0.3, 0.4) is 0 Å². The Hall–Kier alpha value is -2.49. The second kappa shape index (κ2) is 8.56. The lowest BCUT2D eigenvalue weighted by atomic mass is 10.1. The minimum absolute atomic E-state index is 0.149. The summed E-state index contributed by atoms with van der Waals surface area (Å²) in [6.45, 7) is 10.7. The second-order valence-electron chi connectivity index (χ2n) is 6.37. The first-order chi connectivity index (χ1) is 11.9. The lowest BCUT2D eigenvalue weighted by molar-refractivity contribution is -0.127. The van der Waals surface area contributed by atoms with Crippen LogP contribution >= 0.6 is 0 Å². The second-order valence-corrected chi connectivity index (χ2v) is 6.37. The number of ether oxygens (including phenoxy) is 2.